The molecule has 330 valence electrons. The highest BCUT2D eigenvalue weighted by atomic mass is 35.5. The summed E-state index contributed by atoms with van der Waals surface area (Å²) < 4.78 is 12.8. The Morgan fingerprint density at radius 2 is 0.917 bits per heavy atom. The second kappa shape index (κ2) is 23.9. The van der Waals surface area contributed by atoms with E-state index in [2.05, 4.69) is 99.4 Å². The first-order valence-electron chi connectivity index (χ1n) is 22.1. The number of rotatable bonds is 24. The van der Waals surface area contributed by atoms with E-state index >= 15 is 0 Å². The van der Waals surface area contributed by atoms with Gasteiger partial charge in [-0.1, -0.05) is 13.8 Å². The van der Waals surface area contributed by atoms with Gasteiger partial charge in [-0.25, -0.2) is 9.97 Å². The third-order valence-corrected chi connectivity index (χ3v) is 12.7. The summed E-state index contributed by atoms with van der Waals surface area (Å²) in [7, 11) is 0. The molecule has 0 spiro atoms. The molecule has 2 N–H and O–H groups in total. The lowest BCUT2D eigenvalue weighted by Gasteiger charge is -2.20. The molecule has 3 aromatic rings. The largest absolute Gasteiger partial charge is 0.374 e. The first-order chi connectivity index (χ1) is 29.0. The lowest BCUT2D eigenvalue weighted by Crippen LogP contribution is -2.29. The second-order valence-corrected chi connectivity index (χ2v) is 17.7. The molecule has 0 amide bonds. The summed E-state index contributed by atoms with van der Waals surface area (Å²) in [6.07, 6.45) is 5.34. The van der Waals surface area contributed by atoms with Crippen molar-refractivity contribution in [1.29, 1.82) is 0 Å². The van der Waals surface area contributed by atoms with Crippen molar-refractivity contribution >= 4 is 90.8 Å². The Bertz CT molecular complexity index is 2110. The fraction of sp³-hybridized carbons (Fsp3) is 0.583. The number of hydrogen-bond acceptors (Lipinski definition) is 6. The molecule has 2 unspecified atom stereocenters. The van der Waals surface area contributed by atoms with Gasteiger partial charge >= 0.3 is 0 Å². The van der Waals surface area contributed by atoms with Crippen LogP contribution in [-0.2, 0) is 9.47 Å². The molecular weight excluding hydrogens is 834 g/mol. The van der Waals surface area contributed by atoms with Gasteiger partial charge in [-0.05, 0) is 151 Å². The van der Waals surface area contributed by atoms with Crippen LogP contribution in [0.4, 0.5) is 0 Å². The predicted octanol–water partition coefficient (Wildman–Crippen LogP) is 12.9. The van der Waals surface area contributed by atoms with Crippen LogP contribution < -0.4 is 0 Å². The zero-order valence-corrected chi connectivity index (χ0v) is 40.3. The molecule has 2 aliphatic heterocycles. The summed E-state index contributed by atoms with van der Waals surface area (Å²) in [6.45, 7) is 23.9. The lowest BCUT2D eigenvalue weighted by molar-refractivity contribution is 0.0668. The van der Waals surface area contributed by atoms with Crippen LogP contribution in [0.1, 0.15) is 137 Å². The second-order valence-electron chi connectivity index (χ2n) is 16.2. The molecule has 8 bridgehead atoms. The average Bonchev–Trinajstić information content (AvgIpc) is 3.89. The fourth-order valence-corrected chi connectivity index (χ4v) is 9.64. The number of hydrogen-bond donors (Lipinski definition) is 2. The molecule has 5 heterocycles. The molecule has 0 saturated carbocycles. The van der Waals surface area contributed by atoms with Gasteiger partial charge < -0.3 is 29.2 Å². The summed E-state index contributed by atoms with van der Waals surface area (Å²) in [5, 5.41) is 0. The maximum Gasteiger partial charge on any atom is 0.0820 e. The van der Waals surface area contributed by atoms with Crippen molar-refractivity contribution < 1.29 is 9.47 Å². The van der Waals surface area contributed by atoms with E-state index < -0.39 is 0 Å². The van der Waals surface area contributed by atoms with Crippen molar-refractivity contribution in [2.75, 3.05) is 76.0 Å². The smallest absolute Gasteiger partial charge is 0.0820 e. The third-order valence-electron chi connectivity index (χ3n) is 12.0. The van der Waals surface area contributed by atoms with Gasteiger partial charge in [0.05, 0.1) is 35.0 Å². The van der Waals surface area contributed by atoms with E-state index in [1.54, 1.807) is 0 Å². The van der Waals surface area contributed by atoms with Crippen molar-refractivity contribution in [2.45, 2.75) is 106 Å². The van der Waals surface area contributed by atoms with Gasteiger partial charge in [-0.3, -0.25) is 0 Å². The molecule has 0 fully saturated rings. The number of ether oxygens (including phenoxy) is 2. The molecule has 12 heteroatoms. The molecule has 0 aliphatic carbocycles. The van der Waals surface area contributed by atoms with E-state index in [1.165, 1.54) is 22.3 Å². The summed E-state index contributed by atoms with van der Waals surface area (Å²) >= 11 is 24.7. The lowest BCUT2D eigenvalue weighted by atomic mass is 9.98. The van der Waals surface area contributed by atoms with E-state index in [1.807, 2.05) is 0 Å². The van der Waals surface area contributed by atoms with Crippen molar-refractivity contribution in [3.63, 3.8) is 0 Å². The predicted molar refractivity (Wildman–Crippen MR) is 259 cm³/mol. The van der Waals surface area contributed by atoms with Gasteiger partial charge in [0, 0.05) is 96.1 Å². The minimum Gasteiger partial charge on any atom is -0.374 e. The standard InChI is InChI=1S/C48H68Cl4N6O2/c1-9-25-59-35(7)47-33(5)41-27-39-31(3)37(13-11-19-57(21-15-49)22-16-50)43(53-39)30-44-38(14-12-20-58(23-17-51)24-18-52)32(4)40(54-44)28-45-48(36(8)60-26-10-2)34(6)42(56-45)29-46(47)55-41/h27-30,35-36,55-56H,9-26H2,1-8H3. The van der Waals surface area contributed by atoms with Gasteiger partial charge in [-0.15, -0.1) is 46.4 Å². The first kappa shape index (κ1) is 48.6. The monoisotopic (exact) mass is 900 g/mol. The van der Waals surface area contributed by atoms with Crippen molar-refractivity contribution in [1.82, 2.24) is 29.7 Å². The molecule has 0 saturated heterocycles. The number of alkyl halides is 4. The zero-order valence-electron chi connectivity index (χ0n) is 37.3. The van der Waals surface area contributed by atoms with Crippen LogP contribution in [0.2, 0.25) is 0 Å². The van der Waals surface area contributed by atoms with Crippen molar-refractivity contribution in [3.8, 4) is 0 Å². The zero-order chi connectivity index (χ0) is 43.3. The number of nitrogens with one attached hydrogen (secondary N) is 2. The Labute approximate surface area is 379 Å². The summed E-state index contributed by atoms with van der Waals surface area (Å²) in [4.78, 5) is 23.2. The highest BCUT2D eigenvalue weighted by Gasteiger charge is 2.24. The minimum absolute atomic E-state index is 0.106. The Hall–Kier alpha value is -2.40. The Morgan fingerprint density at radius 3 is 1.32 bits per heavy atom. The van der Waals surface area contributed by atoms with Crippen LogP contribution in [0.3, 0.4) is 0 Å². The maximum atomic E-state index is 6.42. The molecule has 2 atom stereocenters. The van der Waals surface area contributed by atoms with E-state index in [0.29, 0.717) is 36.7 Å². The highest BCUT2D eigenvalue weighted by Crippen LogP contribution is 2.39. The normalized spacial score (nSPS) is 14.4. The van der Waals surface area contributed by atoms with Gasteiger partial charge in [-0.2, -0.15) is 0 Å². The van der Waals surface area contributed by atoms with E-state index in [4.69, 9.17) is 65.8 Å². The SMILES string of the molecule is CCCOC(C)c1c(C)c2cc3[nH]c(cc4nc(cc5nc(cc1[nH]2)C(C)=C5CCCN(CCCl)CCCl)C(CCCN(CCCl)CCCl)=C4C)c(C)c3C(C)OCCC. The van der Waals surface area contributed by atoms with Crippen LogP contribution in [0.25, 0.3) is 44.4 Å². The fourth-order valence-electron chi connectivity index (χ4n) is 8.69. The van der Waals surface area contributed by atoms with Gasteiger partial charge in [0.25, 0.3) is 0 Å². The molecule has 3 aromatic heterocycles. The number of halogens is 4. The topological polar surface area (TPSA) is 82.3 Å². The van der Waals surface area contributed by atoms with Crippen LogP contribution in [-0.4, -0.2) is 106 Å². The summed E-state index contributed by atoms with van der Waals surface area (Å²) in [6, 6.07) is 8.94. The number of allylic oxidation sites excluding steroid dienone is 4. The van der Waals surface area contributed by atoms with E-state index in [-0.39, 0.29) is 12.2 Å². The van der Waals surface area contributed by atoms with Crippen LogP contribution in [0.5, 0.6) is 0 Å². The molecule has 2 aliphatic rings. The Balaban J connectivity index is 1.79. The van der Waals surface area contributed by atoms with Gasteiger partial charge in [0.2, 0.25) is 0 Å². The third kappa shape index (κ3) is 12.0. The quantitative estimate of drug-likeness (QED) is 0.0872. The summed E-state index contributed by atoms with van der Waals surface area (Å²) in [5.74, 6) is 2.33. The van der Waals surface area contributed by atoms with Crippen LogP contribution >= 0.6 is 46.4 Å². The molecule has 0 radical (unpaired) electrons. The molecular formula is C48H68Cl4N6O2. The number of aryl methyl sites for hydroxylation is 2. The Morgan fingerprint density at radius 1 is 0.533 bits per heavy atom. The van der Waals surface area contributed by atoms with Gasteiger partial charge in [0.1, 0.15) is 0 Å². The molecule has 0 aromatic carbocycles. The number of nitrogens with zero attached hydrogens (tertiary/aromatic N) is 4. The average molecular weight is 903 g/mol. The molecule has 8 nitrogen and oxygen atoms in total. The van der Waals surface area contributed by atoms with Gasteiger partial charge in [0.15, 0.2) is 0 Å². The number of H-pyrrole nitrogens is 2. The van der Waals surface area contributed by atoms with E-state index in [9.17, 15) is 0 Å². The van der Waals surface area contributed by atoms with E-state index in [0.717, 1.165) is 145 Å². The number of aromatic amines is 2. The van der Waals surface area contributed by atoms with Crippen molar-refractivity contribution in [2.24, 2.45) is 0 Å². The minimum atomic E-state index is -0.116. The van der Waals surface area contributed by atoms with Crippen LogP contribution in [0, 0.1) is 13.8 Å². The summed E-state index contributed by atoms with van der Waals surface area (Å²) in [5.41, 5.74) is 17.5. The first-order valence-corrected chi connectivity index (χ1v) is 24.2. The highest BCUT2D eigenvalue weighted by molar-refractivity contribution is 6.18. The molecule has 60 heavy (non-hydrogen) atoms. The van der Waals surface area contributed by atoms with Crippen LogP contribution in [0.15, 0.2) is 24.3 Å². The number of aromatic nitrogens is 4. The number of fused-ring (bicyclic) bond motifs is 8. The Kier molecular flexibility index (Phi) is 19.4. The molecule has 5 rings (SSSR count). The maximum absolute atomic E-state index is 6.42. The van der Waals surface area contributed by atoms with Crippen molar-refractivity contribution in [3.05, 3.63) is 69.3 Å².